The number of aromatic nitrogens is 2. The van der Waals surface area contributed by atoms with E-state index < -0.39 is 29.1 Å². The van der Waals surface area contributed by atoms with E-state index in [4.69, 9.17) is 0 Å². The minimum Gasteiger partial charge on any atom is -0.388 e. The fourth-order valence-corrected chi connectivity index (χ4v) is 2.09. The third-order valence-corrected chi connectivity index (χ3v) is 3.49. The maximum absolute atomic E-state index is 13.6. The van der Waals surface area contributed by atoms with E-state index in [0.29, 0.717) is 17.8 Å². The van der Waals surface area contributed by atoms with Gasteiger partial charge in [-0.1, -0.05) is 6.92 Å². The lowest BCUT2D eigenvalue weighted by Gasteiger charge is -2.12. The van der Waals surface area contributed by atoms with Crippen LogP contribution in [-0.4, -0.2) is 14.9 Å². The Morgan fingerprint density at radius 3 is 2.43 bits per heavy atom. The van der Waals surface area contributed by atoms with E-state index in [-0.39, 0.29) is 12.5 Å². The van der Waals surface area contributed by atoms with Crippen LogP contribution in [0.1, 0.15) is 43.7 Å². The summed E-state index contributed by atoms with van der Waals surface area (Å²) in [5.74, 6) is -3.20. The van der Waals surface area contributed by atoms with Crippen LogP contribution in [0.3, 0.4) is 0 Å². The van der Waals surface area contributed by atoms with Gasteiger partial charge < -0.3 is 5.11 Å². The molecular weight excluding hydrogens is 281 g/mol. The highest BCUT2D eigenvalue weighted by Gasteiger charge is 2.21. The van der Waals surface area contributed by atoms with Crippen LogP contribution < -0.4 is 0 Å². The first kappa shape index (κ1) is 15.6. The third-order valence-electron chi connectivity index (χ3n) is 3.49. The van der Waals surface area contributed by atoms with E-state index in [1.807, 2.05) is 13.8 Å². The lowest BCUT2D eigenvalue weighted by Crippen LogP contribution is -2.10. The van der Waals surface area contributed by atoms with Crippen molar-refractivity contribution >= 4 is 0 Å². The zero-order valence-corrected chi connectivity index (χ0v) is 11.9. The molecule has 1 N–H and O–H groups in total. The molecule has 3 nitrogen and oxygen atoms in total. The Kier molecular flexibility index (Phi) is 4.67. The maximum Gasteiger partial charge on any atom is 0.134 e. The van der Waals surface area contributed by atoms with Gasteiger partial charge in [0.25, 0.3) is 0 Å². The van der Waals surface area contributed by atoms with Gasteiger partial charge in [-0.05, 0) is 19.4 Å². The molecule has 2 unspecified atom stereocenters. The monoisotopic (exact) mass is 298 g/mol. The normalized spacial score (nSPS) is 14.2. The molecule has 21 heavy (non-hydrogen) atoms. The van der Waals surface area contributed by atoms with E-state index in [2.05, 4.69) is 5.10 Å². The number of benzene rings is 1. The summed E-state index contributed by atoms with van der Waals surface area (Å²) in [6.07, 6.45) is 1.20. The first-order chi connectivity index (χ1) is 9.92. The van der Waals surface area contributed by atoms with Crippen LogP contribution in [0.15, 0.2) is 24.4 Å². The number of rotatable bonds is 5. The third kappa shape index (κ3) is 3.44. The van der Waals surface area contributed by atoms with E-state index in [9.17, 15) is 18.3 Å². The maximum atomic E-state index is 13.6. The van der Waals surface area contributed by atoms with Gasteiger partial charge in [0.15, 0.2) is 0 Å². The van der Waals surface area contributed by atoms with Crippen LogP contribution in [0, 0.1) is 17.5 Å². The van der Waals surface area contributed by atoms with Gasteiger partial charge in [-0.15, -0.1) is 0 Å². The van der Waals surface area contributed by atoms with Crippen molar-refractivity contribution in [2.24, 2.45) is 0 Å². The Hall–Kier alpha value is -1.82. The lowest BCUT2D eigenvalue weighted by molar-refractivity contribution is 0.166. The summed E-state index contributed by atoms with van der Waals surface area (Å²) >= 11 is 0. The minimum atomic E-state index is -1.41. The van der Waals surface area contributed by atoms with Crippen molar-refractivity contribution in [1.29, 1.82) is 0 Å². The minimum absolute atomic E-state index is 0.0388. The molecule has 0 saturated carbocycles. The Morgan fingerprint density at radius 2 is 1.86 bits per heavy atom. The SMILES string of the molecule is CCC(C)n1ccc(CC(O)c2c(F)cc(F)cc2F)n1. The van der Waals surface area contributed by atoms with Crippen LogP contribution in [0.5, 0.6) is 0 Å². The molecule has 2 aromatic rings. The van der Waals surface area contributed by atoms with E-state index in [1.165, 1.54) is 0 Å². The van der Waals surface area contributed by atoms with Gasteiger partial charge in [0.05, 0.1) is 17.4 Å². The van der Waals surface area contributed by atoms with Crippen molar-refractivity contribution in [3.05, 3.63) is 53.1 Å². The molecule has 0 saturated heterocycles. The van der Waals surface area contributed by atoms with Crippen molar-refractivity contribution < 1.29 is 18.3 Å². The second kappa shape index (κ2) is 6.30. The number of aliphatic hydroxyl groups is 1. The smallest absolute Gasteiger partial charge is 0.134 e. The van der Waals surface area contributed by atoms with Gasteiger partial charge >= 0.3 is 0 Å². The molecule has 0 aliphatic heterocycles. The lowest BCUT2D eigenvalue weighted by atomic mass is 10.0. The summed E-state index contributed by atoms with van der Waals surface area (Å²) in [5, 5.41) is 14.2. The van der Waals surface area contributed by atoms with E-state index in [0.717, 1.165) is 6.42 Å². The average molecular weight is 298 g/mol. The quantitative estimate of drug-likeness (QED) is 0.916. The zero-order chi connectivity index (χ0) is 15.6. The molecule has 2 rings (SSSR count). The van der Waals surface area contributed by atoms with Gasteiger partial charge in [0, 0.05) is 30.8 Å². The summed E-state index contributed by atoms with van der Waals surface area (Å²) in [7, 11) is 0. The summed E-state index contributed by atoms with van der Waals surface area (Å²) in [6.45, 7) is 4.01. The molecule has 0 amide bonds. The predicted molar refractivity (Wildman–Crippen MR) is 72.2 cm³/mol. The molecular formula is C15H17F3N2O. The van der Waals surface area contributed by atoms with Gasteiger partial charge in [-0.3, -0.25) is 4.68 Å². The number of aliphatic hydroxyl groups excluding tert-OH is 1. The molecule has 1 aromatic carbocycles. The van der Waals surface area contributed by atoms with Gasteiger partial charge in [-0.2, -0.15) is 5.10 Å². The van der Waals surface area contributed by atoms with Crippen LogP contribution in [0.25, 0.3) is 0 Å². The van der Waals surface area contributed by atoms with Crippen molar-refractivity contribution in [2.45, 2.75) is 38.8 Å². The summed E-state index contributed by atoms with van der Waals surface area (Å²) in [4.78, 5) is 0. The molecule has 2 atom stereocenters. The Labute approximate surface area is 121 Å². The highest BCUT2D eigenvalue weighted by molar-refractivity contribution is 5.24. The molecule has 0 spiro atoms. The highest BCUT2D eigenvalue weighted by atomic mass is 19.1. The topological polar surface area (TPSA) is 38.0 Å². The van der Waals surface area contributed by atoms with Crippen LogP contribution in [-0.2, 0) is 6.42 Å². The molecule has 0 aliphatic rings. The number of hydrogen-bond acceptors (Lipinski definition) is 2. The molecule has 0 bridgehead atoms. The summed E-state index contributed by atoms with van der Waals surface area (Å²) < 4.78 is 41.8. The molecule has 0 aliphatic carbocycles. The predicted octanol–water partition coefficient (Wildman–Crippen LogP) is 3.55. The number of hydrogen-bond donors (Lipinski definition) is 1. The number of halogens is 3. The molecule has 0 fully saturated rings. The molecule has 1 heterocycles. The number of nitrogens with zero attached hydrogens (tertiary/aromatic N) is 2. The molecule has 0 radical (unpaired) electrons. The Balaban J connectivity index is 2.18. The largest absolute Gasteiger partial charge is 0.388 e. The van der Waals surface area contributed by atoms with E-state index in [1.54, 1.807) is 16.9 Å². The molecule has 6 heteroatoms. The van der Waals surface area contributed by atoms with Crippen molar-refractivity contribution in [1.82, 2.24) is 9.78 Å². The summed E-state index contributed by atoms with van der Waals surface area (Å²) in [6, 6.07) is 3.00. The standard InChI is InChI=1S/C15H17F3N2O/c1-3-9(2)20-5-4-11(19-20)8-14(21)15-12(17)6-10(16)7-13(15)18/h4-7,9,14,21H,3,8H2,1-2H3. The van der Waals surface area contributed by atoms with Crippen LogP contribution in [0.2, 0.25) is 0 Å². The van der Waals surface area contributed by atoms with Crippen molar-refractivity contribution in [3.8, 4) is 0 Å². The first-order valence-corrected chi connectivity index (χ1v) is 6.79. The van der Waals surface area contributed by atoms with Crippen LogP contribution >= 0.6 is 0 Å². The van der Waals surface area contributed by atoms with E-state index >= 15 is 0 Å². The van der Waals surface area contributed by atoms with Crippen molar-refractivity contribution in [2.75, 3.05) is 0 Å². The summed E-state index contributed by atoms with van der Waals surface area (Å²) in [5.41, 5.74) is -0.0135. The first-order valence-electron chi connectivity index (χ1n) is 6.79. The highest BCUT2D eigenvalue weighted by Crippen LogP contribution is 2.25. The van der Waals surface area contributed by atoms with Crippen molar-refractivity contribution in [3.63, 3.8) is 0 Å². The average Bonchev–Trinajstić information content (AvgIpc) is 2.85. The zero-order valence-electron chi connectivity index (χ0n) is 11.9. The molecule has 1 aromatic heterocycles. The fraction of sp³-hybridized carbons (Fsp3) is 0.400. The Bertz CT molecular complexity index is 604. The van der Waals surface area contributed by atoms with Gasteiger partial charge in [0.2, 0.25) is 0 Å². The molecule has 114 valence electrons. The van der Waals surface area contributed by atoms with Crippen LogP contribution in [0.4, 0.5) is 13.2 Å². The van der Waals surface area contributed by atoms with Gasteiger partial charge in [0.1, 0.15) is 17.5 Å². The Morgan fingerprint density at radius 1 is 1.24 bits per heavy atom. The van der Waals surface area contributed by atoms with Gasteiger partial charge in [-0.25, -0.2) is 13.2 Å². The second-order valence-corrected chi connectivity index (χ2v) is 5.05. The second-order valence-electron chi connectivity index (χ2n) is 5.05. The fourth-order valence-electron chi connectivity index (χ4n) is 2.09.